The van der Waals surface area contributed by atoms with Crippen molar-refractivity contribution in [1.29, 1.82) is 0 Å². The molecule has 4 aliphatic carbocycles. The Hall–Kier alpha value is -3.84. The Kier molecular flexibility index (Phi) is 12.2. The highest BCUT2D eigenvalue weighted by Gasteiger charge is 2.60. The molecule has 0 aliphatic heterocycles. The number of hydrogen-bond acceptors (Lipinski definition) is 9. The molecule has 298 valence electrons. The number of fused-ring (bicyclic) bond motifs is 4. The summed E-state index contributed by atoms with van der Waals surface area (Å²) in [5.41, 5.74) is 7.89. The predicted octanol–water partition coefficient (Wildman–Crippen LogP) is 6.77. The number of Topliss-reactive ketones (excluding diaryl/α,β-unsaturated/α-hetero) is 1. The van der Waals surface area contributed by atoms with Crippen LogP contribution < -0.4 is 16.4 Å². The highest BCUT2D eigenvalue weighted by molar-refractivity contribution is 7.23. The van der Waals surface area contributed by atoms with Gasteiger partial charge in [-0.1, -0.05) is 37.0 Å². The third-order valence-electron chi connectivity index (χ3n) is 13.2. The van der Waals surface area contributed by atoms with E-state index in [1.807, 2.05) is 19.1 Å². The number of hydrogen-bond donors (Lipinski definition) is 7. The van der Waals surface area contributed by atoms with Gasteiger partial charge in [0.2, 0.25) is 0 Å². The molecule has 9 nitrogen and oxygen atoms in total. The number of benzene rings is 1. The molecule has 3 bridgehead atoms. The fourth-order valence-electron chi connectivity index (χ4n) is 10.7. The molecule has 8 N–H and O–H groups in total. The lowest BCUT2D eigenvalue weighted by atomic mass is 9.57. The second kappa shape index (κ2) is 16.9. The lowest BCUT2D eigenvalue weighted by molar-refractivity contribution is -0.0000945. The number of aliphatic hydroxyl groups is 3. The van der Waals surface area contributed by atoms with E-state index in [1.165, 1.54) is 0 Å². The van der Waals surface area contributed by atoms with Crippen molar-refractivity contribution in [1.82, 2.24) is 5.32 Å². The van der Waals surface area contributed by atoms with Crippen LogP contribution in [0.3, 0.4) is 0 Å². The molecule has 3 saturated carbocycles. The van der Waals surface area contributed by atoms with E-state index in [1.54, 1.807) is 48.8 Å². The molecule has 3 aromatic rings. The molecule has 3 fully saturated rings. The van der Waals surface area contributed by atoms with Crippen molar-refractivity contribution in [2.75, 3.05) is 25.5 Å². The average molecular weight is 797 g/mol. The van der Waals surface area contributed by atoms with E-state index in [0.717, 1.165) is 82.0 Å². The zero-order valence-corrected chi connectivity index (χ0v) is 34.4. The Labute approximate surface area is 339 Å². The minimum absolute atomic E-state index is 0.0304. The van der Waals surface area contributed by atoms with Gasteiger partial charge < -0.3 is 36.8 Å². The molecule has 1 aromatic carbocycles. The van der Waals surface area contributed by atoms with Gasteiger partial charge in [-0.3, -0.25) is 9.79 Å². The lowest BCUT2D eigenvalue weighted by Crippen LogP contribution is -2.50. The van der Waals surface area contributed by atoms with E-state index in [0.29, 0.717) is 37.5 Å². The van der Waals surface area contributed by atoms with E-state index in [4.69, 9.17) is 5.73 Å². The molecule has 2 aromatic heterocycles. The van der Waals surface area contributed by atoms with E-state index in [-0.39, 0.29) is 47.9 Å². The van der Waals surface area contributed by atoms with Crippen LogP contribution >= 0.6 is 22.7 Å². The number of thiophene rings is 2. The molecule has 2 spiro atoms. The number of rotatable bonds is 9. The highest BCUT2D eigenvalue weighted by Crippen LogP contribution is 2.65. The van der Waals surface area contributed by atoms with E-state index >= 15 is 4.79 Å². The number of phenolic OH excluding ortho intramolecular Hbond substituents is 1. The molecule has 56 heavy (non-hydrogen) atoms. The third-order valence-corrected chi connectivity index (χ3v) is 15.5. The van der Waals surface area contributed by atoms with Crippen molar-refractivity contribution >= 4 is 40.1 Å². The number of carbonyl (C=O) groups is 1. The normalized spacial score (nSPS) is 28.0. The van der Waals surface area contributed by atoms with Crippen LogP contribution in [-0.2, 0) is 6.42 Å². The molecule has 7 rings (SSSR count). The number of nitrogens with one attached hydrogen (secondary N) is 2. The number of guanidine groups is 1. The topological polar surface area (TPSA) is 160 Å². The molecule has 0 unspecified atom stereocenters. The fraction of sp³-hybridized carbons (Fsp3) is 0.556. The van der Waals surface area contributed by atoms with Crippen molar-refractivity contribution in [3.63, 3.8) is 0 Å². The summed E-state index contributed by atoms with van der Waals surface area (Å²) >= 11 is 3.19. The first-order valence-corrected chi connectivity index (χ1v) is 21.9. The molecular formula is C45H56N4O5S2. The summed E-state index contributed by atoms with van der Waals surface area (Å²) in [4.78, 5) is 23.2. The summed E-state index contributed by atoms with van der Waals surface area (Å²) in [7, 11) is 1.66. The van der Waals surface area contributed by atoms with Crippen molar-refractivity contribution in [3.05, 3.63) is 57.3 Å². The second-order valence-electron chi connectivity index (χ2n) is 16.7. The molecule has 11 heteroatoms. The van der Waals surface area contributed by atoms with Crippen LogP contribution in [-0.4, -0.2) is 70.6 Å². The summed E-state index contributed by atoms with van der Waals surface area (Å²) in [5.74, 6) is 13.8. The number of aromatic hydroxyl groups is 1. The van der Waals surface area contributed by atoms with Gasteiger partial charge in [0, 0.05) is 46.8 Å². The monoisotopic (exact) mass is 796 g/mol. The summed E-state index contributed by atoms with van der Waals surface area (Å²) in [6.07, 6.45) is 7.50. The first kappa shape index (κ1) is 40.4. The van der Waals surface area contributed by atoms with Gasteiger partial charge in [0.05, 0.1) is 39.8 Å². The van der Waals surface area contributed by atoms with Gasteiger partial charge in [-0.2, -0.15) is 0 Å². The van der Waals surface area contributed by atoms with Crippen molar-refractivity contribution in [3.8, 4) is 39.2 Å². The number of anilines is 1. The largest absolute Gasteiger partial charge is 0.508 e. The summed E-state index contributed by atoms with van der Waals surface area (Å²) < 4.78 is 0. The maximum atomic E-state index is 15.0. The number of aliphatic imine (C=N–C) groups is 1. The summed E-state index contributed by atoms with van der Waals surface area (Å²) in [6, 6.07) is 11.5. The van der Waals surface area contributed by atoms with Crippen LogP contribution in [0.15, 0.2) is 41.4 Å². The van der Waals surface area contributed by atoms with Crippen molar-refractivity contribution in [2.24, 2.45) is 45.2 Å². The summed E-state index contributed by atoms with van der Waals surface area (Å²) in [5, 5.41) is 50.5. The Morgan fingerprint density at radius 2 is 1.84 bits per heavy atom. The van der Waals surface area contributed by atoms with Gasteiger partial charge >= 0.3 is 0 Å². The number of nitrogens with zero attached hydrogens (tertiary/aromatic N) is 1. The van der Waals surface area contributed by atoms with E-state index in [9.17, 15) is 20.4 Å². The van der Waals surface area contributed by atoms with Gasteiger partial charge in [0.25, 0.3) is 0 Å². The molecule has 2 heterocycles. The fourth-order valence-corrected chi connectivity index (χ4v) is 12.7. The second-order valence-corrected chi connectivity index (χ2v) is 18.9. The van der Waals surface area contributed by atoms with Gasteiger partial charge in [-0.15, -0.1) is 28.6 Å². The third kappa shape index (κ3) is 8.12. The molecule has 8 atom stereocenters. The number of ketones is 1. The zero-order chi connectivity index (χ0) is 39.6. The van der Waals surface area contributed by atoms with E-state index < -0.39 is 23.0 Å². The standard InChI is InChI=1S/C45H56N4O5S2/c1-4-8-31-10-12-39(55-31)40-13-14-41(56-40)42(54)34-11-9-28-22-45(34)23-33(38(53)26-50)35(24-45)44(16-6-5-7-17-44)18-15-32-29(20-36(28)49-43(46)47-3)19-30(52)21-37(32)48-25-27(2)51/h10,12-14,19,21,27-28,33-36,38,48,50-53H,5-7,9,11,16-17,20,22-26H2,1-3H3,(H3,46,47,49)/t27-,28-,33+,34-,35+,36+,38+,45+/m0/s1. The first-order valence-electron chi connectivity index (χ1n) is 20.2. The van der Waals surface area contributed by atoms with Crippen LogP contribution in [0.25, 0.3) is 9.75 Å². The van der Waals surface area contributed by atoms with Gasteiger partial charge in [-0.05, 0) is 124 Å². The molecule has 0 amide bonds. The zero-order valence-electron chi connectivity index (χ0n) is 32.7. The number of carbonyl (C=O) groups excluding carboxylic acids is 1. The predicted molar refractivity (Wildman–Crippen MR) is 226 cm³/mol. The van der Waals surface area contributed by atoms with Crippen molar-refractivity contribution < 1.29 is 25.2 Å². The van der Waals surface area contributed by atoms with Crippen molar-refractivity contribution in [2.45, 2.75) is 103 Å². The lowest BCUT2D eigenvalue weighted by Gasteiger charge is -2.48. The maximum absolute atomic E-state index is 15.0. The van der Waals surface area contributed by atoms with Crippen LogP contribution in [0.4, 0.5) is 5.69 Å². The van der Waals surface area contributed by atoms with Crippen LogP contribution in [0, 0.1) is 58.2 Å². The van der Waals surface area contributed by atoms with Crippen LogP contribution in [0.2, 0.25) is 0 Å². The van der Waals surface area contributed by atoms with Crippen LogP contribution in [0.1, 0.15) is 104 Å². The van der Waals surface area contributed by atoms with Crippen LogP contribution in [0.5, 0.6) is 5.75 Å². The SMILES string of the molecule is CC#Cc1ccc(-c2ccc(C(=O)[C@@H]3CC[C@H]4C[C@]35C[C@@H]([C@H](O)CO)[C@@H](C5)C3(C#Cc5c(cc(O)cc5NC[C@H](C)O)C[C@H]4NC(N)=NC)CCCCC3)s2)s1. The summed E-state index contributed by atoms with van der Waals surface area (Å²) in [6.45, 7) is 3.51. The Balaban J connectivity index is 1.36. The Morgan fingerprint density at radius 3 is 2.57 bits per heavy atom. The molecule has 0 radical (unpaired) electrons. The molecule has 4 aliphatic rings. The Bertz CT molecular complexity index is 2060. The highest BCUT2D eigenvalue weighted by atomic mass is 32.1. The Morgan fingerprint density at radius 1 is 1.07 bits per heavy atom. The molecular weight excluding hydrogens is 741 g/mol. The smallest absolute Gasteiger partial charge is 0.188 e. The van der Waals surface area contributed by atoms with Gasteiger partial charge in [0.1, 0.15) is 5.75 Å². The molecule has 0 saturated heterocycles. The van der Waals surface area contributed by atoms with Gasteiger partial charge in [-0.25, -0.2) is 0 Å². The number of nitrogens with two attached hydrogens (primary N) is 1. The maximum Gasteiger partial charge on any atom is 0.188 e. The van der Waals surface area contributed by atoms with Gasteiger partial charge in [0.15, 0.2) is 11.7 Å². The number of aliphatic hydroxyl groups excluding tert-OH is 3. The first-order chi connectivity index (χ1) is 27.0. The quantitative estimate of drug-likeness (QED) is 0.0541. The van der Waals surface area contributed by atoms with E-state index in [2.05, 4.69) is 51.4 Å². The minimum atomic E-state index is -0.932. The number of phenols is 1. The average Bonchev–Trinajstić information content (AvgIpc) is 3.96. The minimum Gasteiger partial charge on any atom is -0.508 e.